The molecule has 6 heteroatoms. The van der Waals surface area contributed by atoms with Crippen LogP contribution in [-0.2, 0) is 16.1 Å². The molecule has 1 fully saturated rings. The maximum absolute atomic E-state index is 13.1. The molecule has 0 radical (unpaired) electrons. The molecule has 0 aromatic heterocycles. The average molecular weight is 408 g/mol. The molecular formula is C24H28N2O4. The number of likely N-dealkylation sites (tertiary alicyclic amines) is 1. The van der Waals surface area contributed by atoms with E-state index in [1.54, 1.807) is 29.2 Å². The van der Waals surface area contributed by atoms with Gasteiger partial charge >= 0.3 is 6.09 Å². The smallest absolute Gasteiger partial charge is 0.408 e. The number of benzene rings is 2. The van der Waals surface area contributed by atoms with Crippen LogP contribution in [0.2, 0.25) is 0 Å². The first kappa shape index (κ1) is 21.6. The molecule has 30 heavy (non-hydrogen) atoms. The number of carbonyl (C=O) groups excluding carboxylic acids is 3. The Hall–Kier alpha value is -3.15. The zero-order valence-electron chi connectivity index (χ0n) is 17.1. The van der Waals surface area contributed by atoms with Gasteiger partial charge in [-0.25, -0.2) is 4.79 Å². The van der Waals surface area contributed by atoms with Gasteiger partial charge in [-0.3, -0.25) is 9.59 Å². The third-order valence-corrected chi connectivity index (χ3v) is 5.21. The van der Waals surface area contributed by atoms with Crippen molar-refractivity contribution in [3.8, 4) is 0 Å². The van der Waals surface area contributed by atoms with Crippen molar-refractivity contribution in [2.24, 2.45) is 0 Å². The fourth-order valence-electron chi connectivity index (χ4n) is 3.55. The van der Waals surface area contributed by atoms with Crippen LogP contribution in [0.25, 0.3) is 0 Å². The molecule has 6 nitrogen and oxygen atoms in total. The van der Waals surface area contributed by atoms with Crippen molar-refractivity contribution in [1.29, 1.82) is 0 Å². The van der Waals surface area contributed by atoms with Gasteiger partial charge in [0.05, 0.1) is 0 Å². The van der Waals surface area contributed by atoms with Crippen LogP contribution >= 0.6 is 0 Å². The van der Waals surface area contributed by atoms with Gasteiger partial charge < -0.3 is 15.0 Å². The number of ketones is 1. The van der Waals surface area contributed by atoms with Crippen LogP contribution in [0.5, 0.6) is 0 Å². The molecule has 1 aliphatic heterocycles. The Morgan fingerprint density at radius 2 is 1.47 bits per heavy atom. The molecule has 1 aliphatic rings. The van der Waals surface area contributed by atoms with Gasteiger partial charge in [0.25, 0.3) is 0 Å². The zero-order valence-corrected chi connectivity index (χ0v) is 17.1. The van der Waals surface area contributed by atoms with Crippen LogP contribution in [0, 0.1) is 0 Å². The molecule has 2 amide bonds. The summed E-state index contributed by atoms with van der Waals surface area (Å²) in [5.41, 5.74) is 1.37. The number of carbonyl (C=O) groups is 3. The Morgan fingerprint density at radius 3 is 2.10 bits per heavy atom. The van der Waals surface area contributed by atoms with E-state index in [1.807, 2.05) is 36.4 Å². The lowest BCUT2D eigenvalue weighted by Crippen LogP contribution is -2.50. The van der Waals surface area contributed by atoms with E-state index in [4.69, 9.17) is 4.74 Å². The minimum absolute atomic E-state index is 0.0974. The first-order valence-corrected chi connectivity index (χ1v) is 10.5. The van der Waals surface area contributed by atoms with E-state index in [9.17, 15) is 14.4 Å². The Balaban J connectivity index is 1.66. The lowest BCUT2D eigenvalue weighted by atomic mass is 10.0. The maximum atomic E-state index is 13.1. The molecule has 1 N–H and O–H groups in total. The van der Waals surface area contributed by atoms with Crippen molar-refractivity contribution in [2.45, 2.75) is 44.8 Å². The quantitative estimate of drug-likeness (QED) is 0.704. The number of nitrogens with one attached hydrogen (secondary N) is 1. The zero-order chi connectivity index (χ0) is 21.2. The molecule has 0 spiro atoms. The first-order valence-electron chi connectivity index (χ1n) is 10.5. The summed E-state index contributed by atoms with van der Waals surface area (Å²) in [4.78, 5) is 40.0. The molecule has 1 saturated heterocycles. The van der Waals surface area contributed by atoms with Crippen LogP contribution in [0.3, 0.4) is 0 Å². The van der Waals surface area contributed by atoms with Crippen molar-refractivity contribution in [3.05, 3.63) is 71.8 Å². The molecule has 0 unspecified atom stereocenters. The van der Waals surface area contributed by atoms with E-state index in [-0.39, 0.29) is 24.7 Å². The van der Waals surface area contributed by atoms with Crippen molar-refractivity contribution in [2.75, 3.05) is 13.1 Å². The molecule has 0 bridgehead atoms. The largest absolute Gasteiger partial charge is 0.445 e. The molecule has 2 aromatic carbocycles. The number of amides is 2. The number of Topliss-reactive ketones (excluding diaryl/α,β-unsaturated/α-hetero) is 1. The molecule has 1 atom stereocenters. The predicted octanol–water partition coefficient (Wildman–Crippen LogP) is 3.96. The van der Waals surface area contributed by atoms with Gasteiger partial charge in [0.1, 0.15) is 12.6 Å². The van der Waals surface area contributed by atoms with Crippen LogP contribution in [0.15, 0.2) is 60.7 Å². The lowest BCUT2D eigenvalue weighted by Gasteiger charge is -2.26. The Labute approximate surface area is 177 Å². The average Bonchev–Trinajstić information content (AvgIpc) is 3.07. The minimum atomic E-state index is -0.945. The second-order valence-corrected chi connectivity index (χ2v) is 7.49. The summed E-state index contributed by atoms with van der Waals surface area (Å²) >= 11 is 0. The van der Waals surface area contributed by atoms with Crippen molar-refractivity contribution < 1.29 is 19.1 Å². The van der Waals surface area contributed by atoms with E-state index in [0.29, 0.717) is 18.7 Å². The fraction of sp³-hybridized carbons (Fsp3) is 0.375. The van der Waals surface area contributed by atoms with Gasteiger partial charge in [0.15, 0.2) is 5.78 Å². The number of ether oxygens (including phenoxy) is 1. The lowest BCUT2D eigenvalue weighted by molar-refractivity contribution is -0.133. The predicted molar refractivity (Wildman–Crippen MR) is 114 cm³/mol. The number of rotatable bonds is 7. The van der Waals surface area contributed by atoms with E-state index in [2.05, 4.69) is 5.32 Å². The van der Waals surface area contributed by atoms with Crippen LogP contribution in [0.1, 0.15) is 48.0 Å². The summed E-state index contributed by atoms with van der Waals surface area (Å²) < 4.78 is 5.28. The number of alkyl carbamates (subject to hydrolysis) is 1. The Morgan fingerprint density at radius 1 is 0.867 bits per heavy atom. The number of nitrogens with zero attached hydrogens (tertiary/aromatic N) is 1. The van der Waals surface area contributed by atoms with Crippen LogP contribution in [-0.4, -0.2) is 41.8 Å². The second kappa shape index (κ2) is 11.1. The van der Waals surface area contributed by atoms with Gasteiger partial charge in [0.2, 0.25) is 5.91 Å². The van der Waals surface area contributed by atoms with Gasteiger partial charge in [-0.15, -0.1) is 0 Å². The van der Waals surface area contributed by atoms with Crippen molar-refractivity contribution in [3.63, 3.8) is 0 Å². The SMILES string of the molecule is O=C(N[C@@H](CC(=O)c1ccccc1)C(=O)N1CCCCCC1)OCc1ccccc1. The molecule has 1 heterocycles. The van der Waals surface area contributed by atoms with E-state index in [1.165, 1.54) is 0 Å². The third-order valence-electron chi connectivity index (χ3n) is 5.21. The molecular weight excluding hydrogens is 380 g/mol. The van der Waals surface area contributed by atoms with Crippen molar-refractivity contribution >= 4 is 17.8 Å². The van der Waals surface area contributed by atoms with Gasteiger partial charge in [-0.05, 0) is 18.4 Å². The second-order valence-electron chi connectivity index (χ2n) is 7.49. The summed E-state index contributed by atoms with van der Waals surface area (Å²) in [6, 6.07) is 17.2. The standard InChI is InChI=1S/C24H28N2O4/c27-22(20-13-7-4-8-14-20)17-21(23(28)26-15-9-1-2-10-16-26)25-24(29)30-18-19-11-5-3-6-12-19/h3-8,11-14,21H,1-2,9-10,15-18H2,(H,25,29)/t21-/m0/s1. The molecule has 158 valence electrons. The molecule has 0 aliphatic carbocycles. The van der Waals surface area contributed by atoms with Crippen LogP contribution in [0.4, 0.5) is 4.79 Å². The Kier molecular flexibility index (Phi) is 8.01. The van der Waals surface area contributed by atoms with Gasteiger partial charge in [-0.2, -0.15) is 0 Å². The summed E-state index contributed by atoms with van der Waals surface area (Å²) in [5, 5.41) is 2.63. The highest BCUT2D eigenvalue weighted by Gasteiger charge is 2.29. The maximum Gasteiger partial charge on any atom is 0.408 e. The minimum Gasteiger partial charge on any atom is -0.445 e. The van der Waals surface area contributed by atoms with E-state index >= 15 is 0 Å². The third kappa shape index (κ3) is 6.44. The topological polar surface area (TPSA) is 75.7 Å². The summed E-state index contributed by atoms with van der Waals surface area (Å²) in [6.07, 6.45) is 3.24. The fourth-order valence-corrected chi connectivity index (χ4v) is 3.55. The highest BCUT2D eigenvalue weighted by Crippen LogP contribution is 2.14. The van der Waals surface area contributed by atoms with E-state index < -0.39 is 12.1 Å². The summed E-state index contributed by atoms with van der Waals surface area (Å²) in [5.74, 6) is -0.412. The molecule has 3 rings (SSSR count). The highest BCUT2D eigenvalue weighted by molar-refractivity contribution is 6.00. The molecule has 2 aromatic rings. The number of hydrogen-bond donors (Lipinski definition) is 1. The monoisotopic (exact) mass is 408 g/mol. The van der Waals surface area contributed by atoms with E-state index in [0.717, 1.165) is 31.2 Å². The van der Waals surface area contributed by atoms with Gasteiger partial charge in [0, 0.05) is 25.1 Å². The number of hydrogen-bond acceptors (Lipinski definition) is 4. The van der Waals surface area contributed by atoms with Crippen LogP contribution < -0.4 is 5.32 Å². The van der Waals surface area contributed by atoms with Crippen molar-refractivity contribution in [1.82, 2.24) is 10.2 Å². The normalized spacial score (nSPS) is 15.0. The Bertz CT molecular complexity index is 831. The first-order chi connectivity index (χ1) is 14.6. The highest BCUT2D eigenvalue weighted by atomic mass is 16.5. The summed E-state index contributed by atoms with van der Waals surface area (Å²) in [6.45, 7) is 1.40. The summed E-state index contributed by atoms with van der Waals surface area (Å²) in [7, 11) is 0. The molecule has 0 saturated carbocycles. The van der Waals surface area contributed by atoms with Gasteiger partial charge in [-0.1, -0.05) is 73.5 Å².